The number of carbonyl (C=O) groups excluding carboxylic acids is 2. The highest BCUT2D eigenvalue weighted by atomic mass is 16.2. The first kappa shape index (κ1) is 20.8. The highest BCUT2D eigenvalue weighted by molar-refractivity contribution is 5.85. The van der Waals surface area contributed by atoms with Crippen LogP contribution in [0.15, 0.2) is 73.1 Å². The maximum atomic E-state index is 12.9. The highest BCUT2D eigenvalue weighted by Crippen LogP contribution is 2.37. The molecule has 2 N–H and O–H groups in total. The fourth-order valence-electron chi connectivity index (χ4n) is 4.48. The lowest BCUT2D eigenvalue weighted by Crippen LogP contribution is -2.42. The molecule has 5 nitrogen and oxygen atoms in total. The van der Waals surface area contributed by atoms with E-state index < -0.39 is 5.41 Å². The Morgan fingerprint density at radius 2 is 1.84 bits per heavy atom. The minimum Gasteiger partial charge on any atom is -0.369 e. The van der Waals surface area contributed by atoms with Crippen molar-refractivity contribution in [2.45, 2.75) is 26.2 Å². The summed E-state index contributed by atoms with van der Waals surface area (Å²) in [6, 6.07) is 19.9. The van der Waals surface area contributed by atoms with Crippen molar-refractivity contribution >= 4 is 11.8 Å². The minimum atomic E-state index is -0.759. The number of amides is 2. The summed E-state index contributed by atoms with van der Waals surface area (Å²) in [5, 5.41) is 0. The smallest absolute Gasteiger partial charge is 0.227 e. The molecule has 4 rings (SSSR count). The van der Waals surface area contributed by atoms with Gasteiger partial charge in [0.15, 0.2) is 0 Å². The second kappa shape index (κ2) is 8.72. The molecule has 1 fully saturated rings. The Kier molecular flexibility index (Phi) is 5.85. The molecular weight excluding hydrogens is 386 g/mol. The van der Waals surface area contributed by atoms with Gasteiger partial charge in [0.05, 0.1) is 11.8 Å². The van der Waals surface area contributed by atoms with Gasteiger partial charge in [0.25, 0.3) is 0 Å². The molecule has 1 aliphatic rings. The number of hydrogen-bond acceptors (Lipinski definition) is 3. The zero-order valence-corrected chi connectivity index (χ0v) is 17.8. The van der Waals surface area contributed by atoms with Gasteiger partial charge in [-0.15, -0.1) is 0 Å². The number of nitrogens with zero attached hydrogens (tertiary/aromatic N) is 2. The SMILES string of the molecule is Cc1cccc(CC(=O)N2CC[C@](Cc3ccccc3-c3ccncc3)(C(N)=O)C2)c1. The van der Waals surface area contributed by atoms with Crippen LogP contribution in [0.5, 0.6) is 0 Å². The molecule has 31 heavy (non-hydrogen) atoms. The zero-order valence-electron chi connectivity index (χ0n) is 17.8. The lowest BCUT2D eigenvalue weighted by Gasteiger charge is -2.27. The molecule has 0 saturated carbocycles. The first-order valence-electron chi connectivity index (χ1n) is 10.6. The summed E-state index contributed by atoms with van der Waals surface area (Å²) in [6.07, 6.45) is 4.94. The summed E-state index contributed by atoms with van der Waals surface area (Å²) in [6.45, 7) is 2.92. The van der Waals surface area contributed by atoms with E-state index in [2.05, 4.69) is 11.1 Å². The third-order valence-electron chi connectivity index (χ3n) is 6.20. The van der Waals surface area contributed by atoms with E-state index in [0.29, 0.717) is 32.4 Å². The third kappa shape index (κ3) is 4.50. The molecule has 0 spiro atoms. The van der Waals surface area contributed by atoms with Crippen molar-refractivity contribution in [3.05, 3.63) is 89.7 Å². The number of aromatic nitrogens is 1. The standard InChI is InChI=1S/C26H27N3O2/c1-19-5-4-6-20(15-19)16-24(30)29-14-11-26(18-29,25(27)31)17-22-7-2-3-8-23(22)21-9-12-28-13-10-21/h2-10,12-13,15H,11,14,16-18H2,1H3,(H2,27,31)/t26-/m1/s1. The molecule has 1 atom stereocenters. The van der Waals surface area contributed by atoms with E-state index in [1.54, 1.807) is 17.3 Å². The Hall–Kier alpha value is -3.47. The summed E-state index contributed by atoms with van der Waals surface area (Å²) in [4.78, 5) is 31.5. The maximum absolute atomic E-state index is 12.9. The van der Waals surface area contributed by atoms with Gasteiger partial charge in [-0.3, -0.25) is 14.6 Å². The van der Waals surface area contributed by atoms with Gasteiger partial charge < -0.3 is 10.6 Å². The van der Waals surface area contributed by atoms with Crippen molar-refractivity contribution in [2.75, 3.05) is 13.1 Å². The van der Waals surface area contributed by atoms with E-state index in [9.17, 15) is 9.59 Å². The normalized spacial score (nSPS) is 18.2. The van der Waals surface area contributed by atoms with Crippen LogP contribution in [0.25, 0.3) is 11.1 Å². The topological polar surface area (TPSA) is 76.3 Å². The van der Waals surface area contributed by atoms with E-state index in [4.69, 9.17) is 5.73 Å². The summed E-state index contributed by atoms with van der Waals surface area (Å²) in [5.41, 5.74) is 10.5. The molecule has 0 unspecified atom stereocenters. The predicted molar refractivity (Wildman–Crippen MR) is 121 cm³/mol. The third-order valence-corrected chi connectivity index (χ3v) is 6.20. The zero-order chi connectivity index (χ0) is 21.8. The Balaban J connectivity index is 1.55. The monoisotopic (exact) mass is 413 g/mol. The maximum Gasteiger partial charge on any atom is 0.227 e. The molecule has 1 aromatic heterocycles. The number of primary amides is 1. The van der Waals surface area contributed by atoms with E-state index >= 15 is 0 Å². The van der Waals surface area contributed by atoms with Gasteiger partial charge in [-0.25, -0.2) is 0 Å². The van der Waals surface area contributed by atoms with E-state index in [-0.39, 0.29) is 11.8 Å². The summed E-state index contributed by atoms with van der Waals surface area (Å²) >= 11 is 0. The lowest BCUT2D eigenvalue weighted by molar-refractivity contribution is -0.131. The quantitative estimate of drug-likeness (QED) is 0.671. The van der Waals surface area contributed by atoms with Crippen LogP contribution in [0.4, 0.5) is 0 Å². The fourth-order valence-corrected chi connectivity index (χ4v) is 4.48. The molecule has 5 heteroatoms. The Morgan fingerprint density at radius 3 is 2.58 bits per heavy atom. The molecular formula is C26H27N3O2. The van der Waals surface area contributed by atoms with E-state index in [0.717, 1.165) is 27.8 Å². The van der Waals surface area contributed by atoms with Crippen molar-refractivity contribution in [3.63, 3.8) is 0 Å². The van der Waals surface area contributed by atoms with Gasteiger partial charge in [0.2, 0.25) is 11.8 Å². The van der Waals surface area contributed by atoms with Crippen molar-refractivity contribution < 1.29 is 9.59 Å². The summed E-state index contributed by atoms with van der Waals surface area (Å²) < 4.78 is 0. The number of rotatable bonds is 6. The Morgan fingerprint density at radius 1 is 1.06 bits per heavy atom. The molecule has 1 saturated heterocycles. The number of hydrogen-bond donors (Lipinski definition) is 1. The number of aryl methyl sites for hydroxylation is 1. The number of pyridine rings is 1. The molecule has 158 valence electrons. The molecule has 1 aliphatic heterocycles. The Bertz CT molecular complexity index is 1100. The highest BCUT2D eigenvalue weighted by Gasteiger charge is 2.45. The number of nitrogens with two attached hydrogens (primary N) is 1. The van der Waals surface area contributed by atoms with E-state index in [1.807, 2.05) is 61.5 Å². The second-order valence-corrected chi connectivity index (χ2v) is 8.45. The van der Waals surface area contributed by atoms with Gasteiger partial charge in [-0.05, 0) is 54.2 Å². The average molecular weight is 414 g/mol. The number of likely N-dealkylation sites (tertiary alicyclic amines) is 1. The van der Waals surface area contributed by atoms with Gasteiger partial charge in [0.1, 0.15) is 0 Å². The van der Waals surface area contributed by atoms with E-state index in [1.165, 1.54) is 0 Å². The largest absolute Gasteiger partial charge is 0.369 e. The van der Waals surface area contributed by atoms with Gasteiger partial charge >= 0.3 is 0 Å². The van der Waals surface area contributed by atoms with Crippen LogP contribution in [0.1, 0.15) is 23.1 Å². The summed E-state index contributed by atoms with van der Waals surface area (Å²) in [5.74, 6) is -0.306. The molecule has 3 aromatic rings. The second-order valence-electron chi connectivity index (χ2n) is 8.45. The first-order chi connectivity index (χ1) is 15.0. The predicted octanol–water partition coefficient (Wildman–Crippen LogP) is 3.55. The van der Waals surface area contributed by atoms with Crippen LogP contribution >= 0.6 is 0 Å². The van der Waals surface area contributed by atoms with Crippen molar-refractivity contribution in [1.29, 1.82) is 0 Å². The Labute approximate surface area is 182 Å². The van der Waals surface area contributed by atoms with Crippen LogP contribution in [0.3, 0.4) is 0 Å². The van der Waals surface area contributed by atoms with Gasteiger partial charge in [-0.1, -0.05) is 54.1 Å². The van der Waals surface area contributed by atoms with Crippen LogP contribution in [0, 0.1) is 12.3 Å². The molecule has 2 aromatic carbocycles. The van der Waals surface area contributed by atoms with Crippen molar-refractivity contribution in [3.8, 4) is 11.1 Å². The number of carbonyl (C=O) groups is 2. The average Bonchev–Trinajstić information content (AvgIpc) is 3.21. The lowest BCUT2D eigenvalue weighted by atomic mass is 9.78. The number of benzene rings is 2. The molecule has 0 radical (unpaired) electrons. The summed E-state index contributed by atoms with van der Waals surface area (Å²) in [7, 11) is 0. The molecule has 0 aliphatic carbocycles. The molecule has 0 bridgehead atoms. The van der Waals surface area contributed by atoms with Crippen LogP contribution < -0.4 is 5.73 Å². The molecule has 2 heterocycles. The van der Waals surface area contributed by atoms with Crippen molar-refractivity contribution in [1.82, 2.24) is 9.88 Å². The van der Waals surface area contributed by atoms with Crippen molar-refractivity contribution in [2.24, 2.45) is 11.1 Å². The van der Waals surface area contributed by atoms with Crippen LogP contribution in [-0.2, 0) is 22.4 Å². The van der Waals surface area contributed by atoms with Crippen LogP contribution in [-0.4, -0.2) is 34.8 Å². The van der Waals surface area contributed by atoms with Crippen LogP contribution in [0.2, 0.25) is 0 Å². The molecule has 2 amide bonds. The van der Waals surface area contributed by atoms with Gasteiger partial charge in [0, 0.05) is 25.5 Å². The first-order valence-corrected chi connectivity index (χ1v) is 10.6. The minimum absolute atomic E-state index is 0.0381. The van der Waals surface area contributed by atoms with Gasteiger partial charge in [-0.2, -0.15) is 0 Å². The fraction of sp³-hybridized carbons (Fsp3) is 0.269.